The zero-order valence-corrected chi connectivity index (χ0v) is 12.7. The van der Waals surface area contributed by atoms with E-state index in [1.807, 2.05) is 4.90 Å². The van der Waals surface area contributed by atoms with Crippen LogP contribution in [0.4, 0.5) is 10.5 Å². The third-order valence-electron chi connectivity index (χ3n) is 4.16. The number of carboxylic acids is 1. The molecule has 1 aromatic carbocycles. The van der Waals surface area contributed by atoms with Crippen LogP contribution in [-0.2, 0) is 0 Å². The lowest BCUT2D eigenvalue weighted by Crippen LogP contribution is -2.33. The van der Waals surface area contributed by atoms with Gasteiger partial charge >= 0.3 is 12.0 Å². The number of anilines is 1. The Morgan fingerprint density at radius 1 is 1.38 bits per heavy atom. The molecule has 1 fully saturated rings. The zero-order chi connectivity index (χ0) is 15.6. The highest BCUT2D eigenvalue weighted by molar-refractivity contribution is 5.92. The molecule has 114 valence electrons. The molecule has 1 saturated heterocycles. The minimum absolute atomic E-state index is 0.111. The first-order valence-electron chi connectivity index (χ1n) is 7.28. The highest BCUT2D eigenvalue weighted by Crippen LogP contribution is 2.24. The van der Waals surface area contributed by atoms with Crippen molar-refractivity contribution in [1.29, 1.82) is 0 Å². The number of likely N-dealkylation sites (tertiary alicyclic amines) is 1. The number of rotatable bonds is 3. The second kappa shape index (κ2) is 6.16. The number of hydrogen-bond donors (Lipinski definition) is 2. The number of benzene rings is 1. The first-order chi connectivity index (χ1) is 9.88. The third-order valence-corrected chi connectivity index (χ3v) is 4.16. The summed E-state index contributed by atoms with van der Waals surface area (Å²) in [6, 6.07) is 4.73. The van der Waals surface area contributed by atoms with Crippen LogP contribution in [0.3, 0.4) is 0 Å². The lowest BCUT2D eigenvalue weighted by Gasteiger charge is -2.19. The molecule has 1 aliphatic rings. The van der Waals surface area contributed by atoms with Crippen molar-refractivity contribution in [2.45, 2.75) is 27.2 Å². The molecule has 0 saturated carbocycles. The van der Waals surface area contributed by atoms with E-state index in [1.165, 1.54) is 6.07 Å². The Kier molecular flexibility index (Phi) is 4.50. The van der Waals surface area contributed by atoms with Crippen molar-refractivity contribution in [3.8, 4) is 0 Å². The molecule has 0 radical (unpaired) electrons. The fourth-order valence-corrected chi connectivity index (χ4v) is 2.70. The Hall–Kier alpha value is -2.04. The SMILES string of the molecule is Cc1cc(NC(=O)N2CCC(C(C)C)C2)ccc1C(=O)O. The molecule has 1 aliphatic heterocycles. The van der Waals surface area contributed by atoms with Gasteiger partial charge in [-0.15, -0.1) is 0 Å². The van der Waals surface area contributed by atoms with E-state index in [9.17, 15) is 9.59 Å². The molecule has 1 heterocycles. The van der Waals surface area contributed by atoms with Crippen LogP contribution < -0.4 is 5.32 Å². The van der Waals surface area contributed by atoms with E-state index >= 15 is 0 Å². The quantitative estimate of drug-likeness (QED) is 0.898. The lowest BCUT2D eigenvalue weighted by molar-refractivity contribution is 0.0696. The molecule has 1 atom stereocenters. The lowest BCUT2D eigenvalue weighted by atomic mass is 9.95. The Balaban J connectivity index is 2.00. The number of nitrogens with zero attached hydrogens (tertiary/aromatic N) is 1. The first-order valence-corrected chi connectivity index (χ1v) is 7.28. The molecule has 5 heteroatoms. The first kappa shape index (κ1) is 15.4. The third kappa shape index (κ3) is 3.54. The molecule has 5 nitrogen and oxygen atoms in total. The summed E-state index contributed by atoms with van der Waals surface area (Å²) in [5, 5.41) is 11.8. The van der Waals surface area contributed by atoms with Crippen molar-refractivity contribution in [2.75, 3.05) is 18.4 Å². The molecule has 1 aromatic rings. The molecule has 0 aliphatic carbocycles. The van der Waals surface area contributed by atoms with Gasteiger partial charge in [-0.1, -0.05) is 13.8 Å². The number of amides is 2. The van der Waals surface area contributed by atoms with Gasteiger partial charge in [-0.3, -0.25) is 0 Å². The van der Waals surface area contributed by atoms with E-state index in [0.29, 0.717) is 23.1 Å². The van der Waals surface area contributed by atoms with Crippen LogP contribution in [0.2, 0.25) is 0 Å². The molecular formula is C16H22N2O3. The highest BCUT2D eigenvalue weighted by Gasteiger charge is 2.28. The Morgan fingerprint density at radius 2 is 2.10 bits per heavy atom. The standard InChI is InChI=1S/C16H22N2O3/c1-10(2)12-6-7-18(9-12)16(21)17-13-4-5-14(15(19)20)11(3)8-13/h4-5,8,10,12H,6-7,9H2,1-3H3,(H,17,21)(H,19,20). The van der Waals surface area contributed by atoms with Gasteiger partial charge < -0.3 is 15.3 Å². The van der Waals surface area contributed by atoms with E-state index < -0.39 is 5.97 Å². The fourth-order valence-electron chi connectivity index (χ4n) is 2.70. The molecule has 21 heavy (non-hydrogen) atoms. The van der Waals surface area contributed by atoms with Gasteiger partial charge in [-0.25, -0.2) is 9.59 Å². The normalized spacial score (nSPS) is 18.1. The average Bonchev–Trinajstić information content (AvgIpc) is 2.88. The Morgan fingerprint density at radius 3 is 2.62 bits per heavy atom. The summed E-state index contributed by atoms with van der Waals surface area (Å²) >= 11 is 0. The number of aromatic carboxylic acids is 1. The molecule has 2 rings (SSSR count). The van der Waals surface area contributed by atoms with Crippen LogP contribution in [0.15, 0.2) is 18.2 Å². The Labute approximate surface area is 125 Å². The summed E-state index contributed by atoms with van der Waals surface area (Å²) in [5.41, 5.74) is 1.53. The number of nitrogens with one attached hydrogen (secondary N) is 1. The summed E-state index contributed by atoms with van der Waals surface area (Å²) in [6.45, 7) is 7.65. The zero-order valence-electron chi connectivity index (χ0n) is 12.7. The van der Waals surface area contributed by atoms with Gasteiger partial charge in [-0.2, -0.15) is 0 Å². The summed E-state index contributed by atoms with van der Waals surface area (Å²) in [4.78, 5) is 25.0. The summed E-state index contributed by atoms with van der Waals surface area (Å²) in [6.07, 6.45) is 1.04. The van der Waals surface area contributed by atoms with Crippen molar-refractivity contribution in [2.24, 2.45) is 11.8 Å². The molecule has 2 amide bonds. The van der Waals surface area contributed by atoms with Gasteiger partial charge in [0.2, 0.25) is 0 Å². The van der Waals surface area contributed by atoms with E-state index in [-0.39, 0.29) is 11.6 Å². The second-order valence-electron chi connectivity index (χ2n) is 6.00. The molecule has 1 unspecified atom stereocenters. The Bertz CT molecular complexity index is 554. The maximum Gasteiger partial charge on any atom is 0.335 e. The van der Waals surface area contributed by atoms with Gasteiger partial charge in [0.25, 0.3) is 0 Å². The molecular weight excluding hydrogens is 268 g/mol. The number of aryl methyl sites for hydroxylation is 1. The predicted molar refractivity (Wildman–Crippen MR) is 81.7 cm³/mol. The highest BCUT2D eigenvalue weighted by atomic mass is 16.4. The largest absolute Gasteiger partial charge is 0.478 e. The van der Waals surface area contributed by atoms with E-state index in [2.05, 4.69) is 19.2 Å². The number of carbonyl (C=O) groups excluding carboxylic acids is 1. The van der Waals surface area contributed by atoms with Crippen molar-refractivity contribution < 1.29 is 14.7 Å². The summed E-state index contributed by atoms with van der Waals surface area (Å²) in [7, 11) is 0. The summed E-state index contributed by atoms with van der Waals surface area (Å²) in [5.74, 6) is 0.191. The minimum Gasteiger partial charge on any atom is -0.478 e. The summed E-state index contributed by atoms with van der Waals surface area (Å²) < 4.78 is 0. The average molecular weight is 290 g/mol. The van der Waals surface area contributed by atoms with E-state index in [1.54, 1.807) is 19.1 Å². The van der Waals surface area contributed by atoms with Crippen LogP contribution in [0, 0.1) is 18.8 Å². The van der Waals surface area contributed by atoms with Crippen LogP contribution in [-0.4, -0.2) is 35.1 Å². The maximum atomic E-state index is 12.2. The molecule has 0 bridgehead atoms. The van der Waals surface area contributed by atoms with Gasteiger partial charge in [0.15, 0.2) is 0 Å². The van der Waals surface area contributed by atoms with Gasteiger partial charge in [0.1, 0.15) is 0 Å². The number of urea groups is 1. The van der Waals surface area contributed by atoms with Crippen molar-refractivity contribution in [3.05, 3.63) is 29.3 Å². The van der Waals surface area contributed by atoms with Crippen LogP contribution in [0.25, 0.3) is 0 Å². The minimum atomic E-state index is -0.954. The van der Waals surface area contributed by atoms with Crippen LogP contribution in [0.5, 0.6) is 0 Å². The van der Waals surface area contributed by atoms with Crippen LogP contribution >= 0.6 is 0 Å². The molecule has 0 spiro atoms. The predicted octanol–water partition coefficient (Wildman–Crippen LogP) is 3.20. The van der Waals surface area contributed by atoms with Crippen LogP contribution in [0.1, 0.15) is 36.2 Å². The van der Waals surface area contributed by atoms with Crippen molar-refractivity contribution >= 4 is 17.7 Å². The molecule has 2 N–H and O–H groups in total. The number of carboxylic acid groups (broad SMARTS) is 1. The van der Waals surface area contributed by atoms with Crippen molar-refractivity contribution in [1.82, 2.24) is 4.90 Å². The topological polar surface area (TPSA) is 69.6 Å². The van der Waals surface area contributed by atoms with E-state index in [0.717, 1.165) is 19.5 Å². The fraction of sp³-hybridized carbons (Fsp3) is 0.500. The number of hydrogen-bond acceptors (Lipinski definition) is 2. The maximum absolute atomic E-state index is 12.2. The molecule has 0 aromatic heterocycles. The number of carbonyl (C=O) groups is 2. The monoisotopic (exact) mass is 290 g/mol. The van der Waals surface area contributed by atoms with Gasteiger partial charge in [0.05, 0.1) is 5.56 Å². The second-order valence-corrected chi connectivity index (χ2v) is 6.00. The van der Waals surface area contributed by atoms with Gasteiger partial charge in [-0.05, 0) is 48.9 Å². The van der Waals surface area contributed by atoms with Gasteiger partial charge in [0, 0.05) is 18.8 Å². The van der Waals surface area contributed by atoms with Crippen molar-refractivity contribution in [3.63, 3.8) is 0 Å². The van der Waals surface area contributed by atoms with E-state index in [4.69, 9.17) is 5.11 Å². The smallest absolute Gasteiger partial charge is 0.335 e.